The molecular formula is C23H27FN4O. The van der Waals surface area contributed by atoms with Crippen LogP contribution < -0.4 is 10.6 Å². The number of dihydropyridines is 1. The topological polar surface area (TPSA) is 56.7 Å². The Bertz CT molecular complexity index is 952. The van der Waals surface area contributed by atoms with Crippen LogP contribution in [0.3, 0.4) is 0 Å². The number of nitrogens with one attached hydrogen (secondary N) is 2. The van der Waals surface area contributed by atoms with Gasteiger partial charge in [-0.15, -0.1) is 0 Å². The highest BCUT2D eigenvalue weighted by Gasteiger charge is 2.49. The van der Waals surface area contributed by atoms with Gasteiger partial charge in [0.15, 0.2) is 0 Å². The van der Waals surface area contributed by atoms with E-state index in [1.807, 2.05) is 44.4 Å². The standard InChI is InChI=1S/C23H27FN4O/c1-14-11-19(16(3)25-13-14)28-21(29)23(4)12-17(24)9-10-20(23)27-22(28)26-18-8-6-5-7-15(18)2/h5-11,13,15-16,18,25H,12H2,1-4H3,(H,26,27). The zero-order chi connectivity index (χ0) is 20.8. The van der Waals surface area contributed by atoms with Gasteiger partial charge in [0.1, 0.15) is 5.83 Å². The van der Waals surface area contributed by atoms with Crippen LogP contribution >= 0.6 is 0 Å². The van der Waals surface area contributed by atoms with Crippen molar-refractivity contribution in [2.75, 3.05) is 0 Å². The summed E-state index contributed by atoms with van der Waals surface area (Å²) in [6.45, 7) is 7.87. The normalized spacial score (nSPS) is 35.2. The zero-order valence-electron chi connectivity index (χ0n) is 17.2. The molecule has 4 atom stereocenters. The van der Waals surface area contributed by atoms with E-state index in [2.05, 4.69) is 23.6 Å². The number of aliphatic imine (C=N–C) groups is 1. The van der Waals surface area contributed by atoms with Crippen LogP contribution in [0.25, 0.3) is 0 Å². The third-order valence-corrected chi connectivity index (χ3v) is 5.96. The number of rotatable bonds is 2. The van der Waals surface area contributed by atoms with Gasteiger partial charge in [-0.05, 0) is 50.8 Å². The Balaban J connectivity index is 1.82. The van der Waals surface area contributed by atoms with E-state index in [0.29, 0.717) is 11.7 Å². The second-order valence-corrected chi connectivity index (χ2v) is 8.39. The summed E-state index contributed by atoms with van der Waals surface area (Å²) in [5, 5.41) is 6.65. The fraction of sp³-hybridized carbons (Fsp3) is 0.391. The molecule has 6 heteroatoms. The second kappa shape index (κ2) is 7.17. The molecule has 2 N–H and O–H groups in total. The summed E-state index contributed by atoms with van der Waals surface area (Å²) >= 11 is 0. The van der Waals surface area contributed by atoms with Crippen LogP contribution in [0.4, 0.5) is 4.39 Å². The molecule has 4 unspecified atom stereocenters. The first-order chi connectivity index (χ1) is 13.8. The van der Waals surface area contributed by atoms with Gasteiger partial charge in [0, 0.05) is 18.0 Å². The fourth-order valence-electron chi connectivity index (χ4n) is 4.08. The predicted octanol–water partition coefficient (Wildman–Crippen LogP) is 3.83. The first-order valence-corrected chi connectivity index (χ1v) is 10.1. The van der Waals surface area contributed by atoms with E-state index in [0.717, 1.165) is 11.3 Å². The molecule has 4 rings (SSSR count). The lowest BCUT2D eigenvalue weighted by molar-refractivity contribution is -0.135. The van der Waals surface area contributed by atoms with Crippen LogP contribution in [0.2, 0.25) is 0 Å². The average Bonchev–Trinajstić information content (AvgIpc) is 2.67. The van der Waals surface area contributed by atoms with Crippen molar-refractivity contribution >= 4 is 11.9 Å². The van der Waals surface area contributed by atoms with Crippen molar-refractivity contribution in [1.82, 2.24) is 15.5 Å². The maximum absolute atomic E-state index is 14.1. The van der Waals surface area contributed by atoms with Crippen molar-refractivity contribution in [3.8, 4) is 0 Å². The highest BCUT2D eigenvalue weighted by atomic mass is 19.1. The number of amides is 1. The summed E-state index contributed by atoms with van der Waals surface area (Å²) in [6, 6.07) is -0.158. The SMILES string of the molecule is CC1=CNC(C)C(N2C(=O)C3(C)CC(F)=CC=C3NC2=NC2C=CC=CC2C)=C1. The van der Waals surface area contributed by atoms with Crippen molar-refractivity contribution in [3.05, 3.63) is 71.5 Å². The highest BCUT2D eigenvalue weighted by Crippen LogP contribution is 2.42. The number of hydrogen-bond acceptors (Lipinski definition) is 3. The number of hydrogen-bond donors (Lipinski definition) is 2. The molecule has 0 radical (unpaired) electrons. The minimum atomic E-state index is -0.985. The van der Waals surface area contributed by atoms with E-state index in [1.165, 1.54) is 6.08 Å². The van der Waals surface area contributed by atoms with E-state index in [9.17, 15) is 9.18 Å². The van der Waals surface area contributed by atoms with Crippen molar-refractivity contribution in [2.45, 2.75) is 46.2 Å². The number of fused-ring (bicyclic) bond motifs is 1. The van der Waals surface area contributed by atoms with E-state index in [-0.39, 0.29) is 36.2 Å². The van der Waals surface area contributed by atoms with E-state index < -0.39 is 5.41 Å². The Labute approximate surface area is 171 Å². The number of allylic oxidation sites excluding steroid dienone is 7. The van der Waals surface area contributed by atoms with Gasteiger partial charge in [-0.25, -0.2) is 9.38 Å². The van der Waals surface area contributed by atoms with E-state index >= 15 is 0 Å². The number of carbonyl (C=O) groups is 1. The number of nitrogens with zero attached hydrogens (tertiary/aromatic N) is 2. The first-order valence-electron chi connectivity index (χ1n) is 10.1. The zero-order valence-corrected chi connectivity index (χ0v) is 17.2. The van der Waals surface area contributed by atoms with Crippen LogP contribution in [-0.2, 0) is 4.79 Å². The minimum Gasteiger partial charge on any atom is -0.383 e. The number of carbonyl (C=O) groups excluding carboxylic acids is 1. The van der Waals surface area contributed by atoms with Gasteiger partial charge in [0.2, 0.25) is 11.9 Å². The molecule has 0 aromatic rings. The molecule has 1 amide bonds. The fourth-order valence-corrected chi connectivity index (χ4v) is 4.08. The molecule has 0 bridgehead atoms. The van der Waals surface area contributed by atoms with Crippen molar-refractivity contribution < 1.29 is 9.18 Å². The van der Waals surface area contributed by atoms with Crippen LogP contribution in [-0.4, -0.2) is 28.9 Å². The maximum Gasteiger partial charge on any atom is 0.246 e. The molecular weight excluding hydrogens is 367 g/mol. The van der Waals surface area contributed by atoms with Crippen molar-refractivity contribution in [3.63, 3.8) is 0 Å². The van der Waals surface area contributed by atoms with Gasteiger partial charge in [-0.1, -0.05) is 31.2 Å². The van der Waals surface area contributed by atoms with Crippen LogP contribution in [0.15, 0.2) is 76.5 Å². The molecule has 4 aliphatic rings. The van der Waals surface area contributed by atoms with Gasteiger partial charge >= 0.3 is 0 Å². The summed E-state index contributed by atoms with van der Waals surface area (Å²) in [4.78, 5) is 20.3. The molecule has 0 spiro atoms. The smallest absolute Gasteiger partial charge is 0.246 e. The highest BCUT2D eigenvalue weighted by molar-refractivity contribution is 6.07. The third-order valence-electron chi connectivity index (χ3n) is 5.96. The Kier molecular flexibility index (Phi) is 4.81. The Hall–Kier alpha value is -2.89. The first kappa shape index (κ1) is 19.4. The van der Waals surface area contributed by atoms with Crippen LogP contribution in [0.5, 0.6) is 0 Å². The van der Waals surface area contributed by atoms with Gasteiger partial charge in [-0.2, -0.15) is 0 Å². The van der Waals surface area contributed by atoms with Crippen molar-refractivity contribution in [2.24, 2.45) is 16.3 Å². The largest absolute Gasteiger partial charge is 0.383 e. The summed E-state index contributed by atoms with van der Waals surface area (Å²) in [6.07, 6.45) is 15.2. The molecule has 0 aromatic carbocycles. The number of guanidine groups is 1. The molecule has 5 nitrogen and oxygen atoms in total. The molecule has 2 heterocycles. The van der Waals surface area contributed by atoms with E-state index in [4.69, 9.17) is 4.99 Å². The molecule has 29 heavy (non-hydrogen) atoms. The lowest BCUT2D eigenvalue weighted by Crippen LogP contribution is -2.60. The monoisotopic (exact) mass is 394 g/mol. The summed E-state index contributed by atoms with van der Waals surface area (Å²) in [7, 11) is 0. The summed E-state index contributed by atoms with van der Waals surface area (Å²) in [5.41, 5.74) is 1.52. The summed E-state index contributed by atoms with van der Waals surface area (Å²) in [5.74, 6) is 0.248. The molecule has 1 saturated heterocycles. The molecule has 1 fully saturated rings. The third kappa shape index (κ3) is 3.37. The van der Waals surface area contributed by atoms with Gasteiger partial charge in [-0.3, -0.25) is 9.69 Å². The van der Waals surface area contributed by atoms with E-state index in [1.54, 1.807) is 17.9 Å². The van der Waals surface area contributed by atoms with Crippen molar-refractivity contribution in [1.29, 1.82) is 0 Å². The molecule has 2 aliphatic heterocycles. The molecule has 0 aromatic heterocycles. The average molecular weight is 394 g/mol. The molecule has 152 valence electrons. The predicted molar refractivity (Wildman–Crippen MR) is 113 cm³/mol. The van der Waals surface area contributed by atoms with Gasteiger partial charge in [0.25, 0.3) is 0 Å². The molecule has 0 saturated carbocycles. The second-order valence-electron chi connectivity index (χ2n) is 8.39. The Morgan fingerprint density at radius 2 is 2.00 bits per heavy atom. The van der Waals surface area contributed by atoms with Crippen LogP contribution in [0, 0.1) is 11.3 Å². The quantitative estimate of drug-likeness (QED) is 0.748. The van der Waals surface area contributed by atoms with Crippen LogP contribution in [0.1, 0.15) is 34.1 Å². The Morgan fingerprint density at radius 1 is 1.24 bits per heavy atom. The van der Waals surface area contributed by atoms with Gasteiger partial charge < -0.3 is 10.6 Å². The Morgan fingerprint density at radius 3 is 2.76 bits per heavy atom. The molecule has 2 aliphatic carbocycles. The minimum absolute atomic E-state index is 0.0425. The number of halogens is 1. The maximum atomic E-state index is 14.1. The van der Waals surface area contributed by atoms with Gasteiger partial charge in [0.05, 0.1) is 23.2 Å². The summed E-state index contributed by atoms with van der Waals surface area (Å²) < 4.78 is 14.1. The lowest BCUT2D eigenvalue weighted by Gasteiger charge is -2.45. The lowest BCUT2D eigenvalue weighted by atomic mass is 9.77.